The molecule has 0 saturated carbocycles. The maximum atomic E-state index is 10.6. The molecule has 3 aromatic rings. The first-order valence-corrected chi connectivity index (χ1v) is 9.56. The molecular formula is C19H19F3N6O4. The van der Waals surface area contributed by atoms with Crippen LogP contribution in [0.5, 0.6) is 11.5 Å². The van der Waals surface area contributed by atoms with E-state index in [0.717, 1.165) is 43.5 Å². The van der Waals surface area contributed by atoms with Crippen LogP contribution in [0.2, 0.25) is 0 Å². The molecule has 4 heterocycles. The number of carboxylic acid groups (broad SMARTS) is 1. The van der Waals surface area contributed by atoms with Crippen molar-refractivity contribution < 1.29 is 32.5 Å². The van der Waals surface area contributed by atoms with Gasteiger partial charge in [0.2, 0.25) is 6.79 Å². The highest BCUT2D eigenvalue weighted by atomic mass is 19.4. The van der Waals surface area contributed by atoms with E-state index in [-0.39, 0.29) is 0 Å². The van der Waals surface area contributed by atoms with Gasteiger partial charge in [0, 0.05) is 19.6 Å². The predicted molar refractivity (Wildman–Crippen MR) is 102 cm³/mol. The summed E-state index contributed by atoms with van der Waals surface area (Å²) in [5.74, 6) is 0.0106. The lowest BCUT2D eigenvalue weighted by atomic mass is 10.2. The molecule has 170 valence electrons. The number of aliphatic carboxylic acids is 1. The van der Waals surface area contributed by atoms with E-state index < -0.39 is 12.1 Å². The summed E-state index contributed by atoms with van der Waals surface area (Å²) in [5.41, 5.74) is 2.40. The second-order valence-corrected chi connectivity index (χ2v) is 7.11. The fourth-order valence-electron chi connectivity index (χ4n) is 3.41. The van der Waals surface area contributed by atoms with Crippen LogP contribution in [0.1, 0.15) is 17.1 Å². The van der Waals surface area contributed by atoms with Gasteiger partial charge in [0.05, 0.1) is 25.0 Å². The molecule has 5 rings (SSSR count). The Labute approximate surface area is 179 Å². The molecule has 10 nitrogen and oxygen atoms in total. The molecule has 2 aliphatic rings. The fraction of sp³-hybridized carbons (Fsp3) is 0.368. The third-order valence-corrected chi connectivity index (χ3v) is 4.90. The van der Waals surface area contributed by atoms with E-state index in [1.54, 1.807) is 12.7 Å². The topological polar surface area (TPSA) is 108 Å². The molecule has 0 bridgehead atoms. The number of ether oxygens (including phenoxy) is 2. The van der Waals surface area contributed by atoms with Gasteiger partial charge < -0.3 is 19.1 Å². The summed E-state index contributed by atoms with van der Waals surface area (Å²) >= 11 is 0. The smallest absolute Gasteiger partial charge is 0.475 e. The lowest BCUT2D eigenvalue weighted by Gasteiger charge is -2.28. The van der Waals surface area contributed by atoms with Crippen LogP contribution in [0.25, 0.3) is 0 Å². The number of hydrogen-bond donors (Lipinski definition) is 1. The van der Waals surface area contributed by atoms with E-state index >= 15 is 0 Å². The Morgan fingerprint density at radius 3 is 2.66 bits per heavy atom. The van der Waals surface area contributed by atoms with Gasteiger partial charge >= 0.3 is 12.1 Å². The largest absolute Gasteiger partial charge is 0.490 e. The second-order valence-electron chi connectivity index (χ2n) is 7.11. The standard InChI is InChI=1S/C17H18N6O2.C2HF3O2/c1-2-15-16(25-12-24-15)5-13(1)7-21-3-4-23-14(6-19-17(23)9-21)8-22-11-18-10-20-22;3-2(4,5)1(6)7/h1-2,5-6,10-11H,3-4,7-9,12H2;(H,6,7). The Morgan fingerprint density at radius 1 is 1.16 bits per heavy atom. The average molecular weight is 452 g/mol. The number of hydrogen-bond acceptors (Lipinski definition) is 7. The molecule has 32 heavy (non-hydrogen) atoms. The third-order valence-electron chi connectivity index (χ3n) is 4.90. The van der Waals surface area contributed by atoms with Gasteiger partial charge in [0.15, 0.2) is 11.5 Å². The Morgan fingerprint density at radius 2 is 1.94 bits per heavy atom. The number of nitrogens with zero attached hydrogens (tertiary/aromatic N) is 6. The summed E-state index contributed by atoms with van der Waals surface area (Å²) in [5, 5.41) is 11.3. The van der Waals surface area contributed by atoms with Crippen LogP contribution < -0.4 is 9.47 Å². The quantitative estimate of drug-likeness (QED) is 0.640. The predicted octanol–water partition coefficient (Wildman–Crippen LogP) is 1.90. The zero-order valence-corrected chi connectivity index (χ0v) is 16.7. The van der Waals surface area contributed by atoms with Crippen molar-refractivity contribution in [1.29, 1.82) is 0 Å². The fourth-order valence-corrected chi connectivity index (χ4v) is 3.41. The maximum Gasteiger partial charge on any atom is 0.490 e. The summed E-state index contributed by atoms with van der Waals surface area (Å²) in [6, 6.07) is 6.16. The Kier molecular flexibility index (Phi) is 5.99. The molecule has 2 aliphatic heterocycles. The average Bonchev–Trinajstić information content (AvgIpc) is 3.49. The number of carbonyl (C=O) groups is 1. The summed E-state index contributed by atoms with van der Waals surface area (Å²) in [7, 11) is 0. The summed E-state index contributed by atoms with van der Waals surface area (Å²) in [4.78, 5) is 19.9. The van der Waals surface area contributed by atoms with Gasteiger partial charge in [-0.1, -0.05) is 6.07 Å². The Balaban J connectivity index is 0.000000307. The number of benzene rings is 1. The number of halogens is 3. The van der Waals surface area contributed by atoms with E-state index in [4.69, 9.17) is 19.4 Å². The molecule has 0 atom stereocenters. The first kappa shape index (κ1) is 21.6. The molecule has 13 heteroatoms. The van der Waals surface area contributed by atoms with Crippen molar-refractivity contribution in [2.75, 3.05) is 13.3 Å². The highest BCUT2D eigenvalue weighted by Crippen LogP contribution is 2.33. The van der Waals surface area contributed by atoms with Gasteiger partial charge in [-0.2, -0.15) is 18.3 Å². The summed E-state index contributed by atoms with van der Waals surface area (Å²) < 4.78 is 46.7. The molecule has 0 saturated heterocycles. The lowest BCUT2D eigenvalue weighted by Crippen LogP contribution is -2.34. The van der Waals surface area contributed by atoms with E-state index in [9.17, 15) is 13.2 Å². The molecule has 0 amide bonds. The van der Waals surface area contributed by atoms with E-state index in [2.05, 4.69) is 36.7 Å². The first-order chi connectivity index (χ1) is 15.3. The maximum absolute atomic E-state index is 10.6. The van der Waals surface area contributed by atoms with Crippen LogP contribution in [0.15, 0.2) is 37.1 Å². The molecule has 0 radical (unpaired) electrons. The number of aromatic nitrogens is 5. The Bertz CT molecular complexity index is 1080. The number of imidazole rings is 1. The van der Waals surface area contributed by atoms with Crippen LogP contribution in [-0.2, 0) is 31.0 Å². The van der Waals surface area contributed by atoms with Gasteiger partial charge in [0.25, 0.3) is 0 Å². The van der Waals surface area contributed by atoms with Crippen molar-refractivity contribution in [3.05, 3.63) is 54.1 Å². The van der Waals surface area contributed by atoms with Crippen molar-refractivity contribution in [3.8, 4) is 11.5 Å². The molecule has 2 aromatic heterocycles. The van der Waals surface area contributed by atoms with Crippen molar-refractivity contribution in [2.45, 2.75) is 32.4 Å². The van der Waals surface area contributed by atoms with Gasteiger partial charge in [-0.15, -0.1) is 0 Å². The minimum absolute atomic E-state index is 0.314. The SMILES string of the molecule is O=C(O)C(F)(F)F.c1ncn(Cc2cnc3n2CCN(Cc2ccc4c(c2)OCO4)C3)n1. The number of alkyl halides is 3. The highest BCUT2D eigenvalue weighted by Gasteiger charge is 2.38. The van der Waals surface area contributed by atoms with E-state index in [1.807, 2.05) is 16.9 Å². The van der Waals surface area contributed by atoms with E-state index in [0.29, 0.717) is 13.3 Å². The first-order valence-electron chi connectivity index (χ1n) is 9.56. The van der Waals surface area contributed by atoms with Gasteiger partial charge in [0.1, 0.15) is 18.5 Å². The molecule has 0 fully saturated rings. The van der Waals surface area contributed by atoms with Gasteiger partial charge in [-0.05, 0) is 17.7 Å². The van der Waals surface area contributed by atoms with Crippen molar-refractivity contribution in [2.24, 2.45) is 0 Å². The molecule has 1 aromatic carbocycles. The van der Waals surface area contributed by atoms with Gasteiger partial charge in [-0.3, -0.25) is 4.90 Å². The molecule has 0 spiro atoms. The Hall–Kier alpha value is -3.61. The van der Waals surface area contributed by atoms with Crippen LogP contribution >= 0.6 is 0 Å². The van der Waals surface area contributed by atoms with Crippen LogP contribution in [-0.4, -0.2) is 59.8 Å². The highest BCUT2D eigenvalue weighted by molar-refractivity contribution is 5.73. The van der Waals surface area contributed by atoms with Crippen molar-refractivity contribution >= 4 is 5.97 Å². The third kappa shape index (κ3) is 4.99. The van der Waals surface area contributed by atoms with E-state index in [1.165, 1.54) is 11.3 Å². The zero-order chi connectivity index (χ0) is 22.7. The van der Waals surface area contributed by atoms with Crippen molar-refractivity contribution in [3.63, 3.8) is 0 Å². The lowest BCUT2D eigenvalue weighted by molar-refractivity contribution is -0.192. The molecule has 0 aliphatic carbocycles. The second kappa shape index (κ2) is 8.86. The van der Waals surface area contributed by atoms with Crippen LogP contribution in [0.4, 0.5) is 13.2 Å². The molecule has 0 unspecified atom stereocenters. The number of carboxylic acids is 1. The molecule has 1 N–H and O–H groups in total. The van der Waals surface area contributed by atoms with Crippen molar-refractivity contribution in [1.82, 2.24) is 29.2 Å². The monoisotopic (exact) mass is 452 g/mol. The number of rotatable bonds is 4. The van der Waals surface area contributed by atoms with Gasteiger partial charge in [-0.25, -0.2) is 19.4 Å². The minimum atomic E-state index is -5.08. The number of fused-ring (bicyclic) bond motifs is 2. The summed E-state index contributed by atoms with van der Waals surface area (Å²) in [6.45, 7) is 4.66. The minimum Gasteiger partial charge on any atom is -0.475 e. The normalized spacial score (nSPS) is 15.1. The zero-order valence-electron chi connectivity index (χ0n) is 16.7. The molecular weight excluding hydrogens is 433 g/mol. The van der Waals surface area contributed by atoms with Crippen LogP contribution in [0.3, 0.4) is 0 Å². The van der Waals surface area contributed by atoms with Crippen LogP contribution in [0, 0.1) is 0 Å². The summed E-state index contributed by atoms with van der Waals surface area (Å²) in [6.07, 6.45) is 0.149.